The van der Waals surface area contributed by atoms with Crippen LogP contribution in [0, 0.1) is 0 Å². The molecule has 1 amide bonds. The standard InChI is InChI=1S/C22H37N3O2/c1-3-4-5-6-8-21(22(23)26)19-9-11-20(12-10-19)27-18-7-13-25-16-14-24(2)15-17-25/h9-12,21H,3-8,13-18H2,1-2H3,(H2,23,26). The van der Waals surface area contributed by atoms with Crippen LogP contribution in [0.15, 0.2) is 24.3 Å². The van der Waals surface area contributed by atoms with Crippen LogP contribution in [0.1, 0.15) is 56.9 Å². The Bertz CT molecular complexity index is 539. The Morgan fingerprint density at radius 3 is 2.41 bits per heavy atom. The molecule has 1 aliphatic heterocycles. The quantitative estimate of drug-likeness (QED) is 0.570. The van der Waals surface area contributed by atoms with Gasteiger partial charge in [0.25, 0.3) is 0 Å². The molecule has 0 radical (unpaired) electrons. The number of hydrogen-bond donors (Lipinski definition) is 1. The number of carbonyl (C=O) groups excluding carboxylic acids is 1. The van der Waals surface area contributed by atoms with Gasteiger partial charge < -0.3 is 20.3 Å². The van der Waals surface area contributed by atoms with Gasteiger partial charge in [0.2, 0.25) is 5.91 Å². The number of unbranched alkanes of at least 4 members (excludes halogenated alkanes) is 3. The van der Waals surface area contributed by atoms with Crippen molar-refractivity contribution in [3.8, 4) is 5.75 Å². The summed E-state index contributed by atoms with van der Waals surface area (Å²) in [7, 11) is 2.18. The van der Waals surface area contributed by atoms with E-state index >= 15 is 0 Å². The summed E-state index contributed by atoms with van der Waals surface area (Å²) >= 11 is 0. The van der Waals surface area contributed by atoms with Crippen molar-refractivity contribution in [1.82, 2.24) is 9.80 Å². The zero-order valence-electron chi connectivity index (χ0n) is 17.2. The maximum Gasteiger partial charge on any atom is 0.224 e. The number of hydrogen-bond acceptors (Lipinski definition) is 4. The van der Waals surface area contributed by atoms with E-state index in [4.69, 9.17) is 10.5 Å². The first-order valence-corrected chi connectivity index (χ1v) is 10.5. The van der Waals surface area contributed by atoms with E-state index in [0.29, 0.717) is 0 Å². The Kier molecular flexibility index (Phi) is 9.64. The SMILES string of the molecule is CCCCCCC(C(N)=O)c1ccc(OCCCN2CCN(C)CC2)cc1. The lowest BCUT2D eigenvalue weighted by molar-refractivity contribution is -0.119. The van der Waals surface area contributed by atoms with Crippen LogP contribution in [0.5, 0.6) is 5.75 Å². The molecule has 27 heavy (non-hydrogen) atoms. The van der Waals surface area contributed by atoms with Gasteiger partial charge >= 0.3 is 0 Å². The van der Waals surface area contributed by atoms with E-state index in [9.17, 15) is 4.79 Å². The average molecular weight is 376 g/mol. The van der Waals surface area contributed by atoms with Crippen molar-refractivity contribution in [2.45, 2.75) is 51.4 Å². The lowest BCUT2D eigenvalue weighted by Crippen LogP contribution is -2.44. The van der Waals surface area contributed by atoms with Crippen molar-refractivity contribution < 1.29 is 9.53 Å². The first kappa shape index (κ1) is 21.7. The van der Waals surface area contributed by atoms with E-state index < -0.39 is 0 Å². The first-order valence-electron chi connectivity index (χ1n) is 10.5. The number of nitrogens with two attached hydrogens (primary N) is 1. The van der Waals surface area contributed by atoms with Gasteiger partial charge in [-0.1, -0.05) is 44.7 Å². The van der Waals surface area contributed by atoms with Crippen LogP contribution in [0.25, 0.3) is 0 Å². The predicted octanol–water partition coefficient (Wildman–Crippen LogP) is 3.24. The predicted molar refractivity (Wildman–Crippen MR) is 111 cm³/mol. The van der Waals surface area contributed by atoms with Gasteiger partial charge in [-0.2, -0.15) is 0 Å². The second-order valence-corrected chi connectivity index (χ2v) is 7.72. The summed E-state index contributed by atoms with van der Waals surface area (Å²) in [5, 5.41) is 0. The molecule has 152 valence electrons. The molecule has 0 aromatic heterocycles. The third-order valence-electron chi connectivity index (χ3n) is 5.46. The summed E-state index contributed by atoms with van der Waals surface area (Å²) in [6, 6.07) is 7.91. The maximum absolute atomic E-state index is 11.8. The fourth-order valence-corrected chi connectivity index (χ4v) is 3.59. The monoisotopic (exact) mass is 375 g/mol. The van der Waals surface area contributed by atoms with Gasteiger partial charge in [0.15, 0.2) is 0 Å². The van der Waals surface area contributed by atoms with Gasteiger partial charge in [-0.15, -0.1) is 0 Å². The lowest BCUT2D eigenvalue weighted by atomic mass is 9.92. The van der Waals surface area contributed by atoms with Crippen molar-refractivity contribution >= 4 is 5.91 Å². The van der Waals surface area contributed by atoms with Crippen LogP contribution in [0.4, 0.5) is 0 Å². The largest absolute Gasteiger partial charge is 0.494 e. The Morgan fingerprint density at radius 2 is 1.78 bits per heavy atom. The summed E-state index contributed by atoms with van der Waals surface area (Å²) in [6.07, 6.45) is 6.49. The normalized spacial score (nSPS) is 17.0. The molecule has 1 unspecified atom stereocenters. The third kappa shape index (κ3) is 7.89. The minimum Gasteiger partial charge on any atom is -0.494 e. The fourth-order valence-electron chi connectivity index (χ4n) is 3.59. The molecule has 0 saturated carbocycles. The second-order valence-electron chi connectivity index (χ2n) is 7.72. The number of ether oxygens (including phenoxy) is 1. The van der Waals surface area contributed by atoms with E-state index in [1.807, 2.05) is 24.3 Å². The summed E-state index contributed by atoms with van der Waals surface area (Å²) < 4.78 is 5.87. The van der Waals surface area contributed by atoms with E-state index in [1.165, 1.54) is 12.8 Å². The van der Waals surface area contributed by atoms with Crippen molar-refractivity contribution in [2.75, 3.05) is 46.4 Å². The van der Waals surface area contributed by atoms with Gasteiger partial charge in [0.05, 0.1) is 12.5 Å². The number of piperazine rings is 1. The first-order chi connectivity index (χ1) is 13.1. The van der Waals surface area contributed by atoms with Crippen molar-refractivity contribution in [3.63, 3.8) is 0 Å². The van der Waals surface area contributed by atoms with E-state index in [2.05, 4.69) is 23.8 Å². The van der Waals surface area contributed by atoms with Crippen molar-refractivity contribution in [3.05, 3.63) is 29.8 Å². The zero-order valence-corrected chi connectivity index (χ0v) is 17.2. The minimum absolute atomic E-state index is 0.187. The Hall–Kier alpha value is -1.59. The second kappa shape index (κ2) is 12.0. The van der Waals surface area contributed by atoms with Crippen LogP contribution in [0.3, 0.4) is 0 Å². The molecule has 2 rings (SSSR count). The fraction of sp³-hybridized carbons (Fsp3) is 0.682. The number of amides is 1. The van der Waals surface area contributed by atoms with E-state index in [0.717, 1.165) is 76.3 Å². The molecule has 1 heterocycles. The Balaban J connectivity index is 1.72. The molecular formula is C22H37N3O2. The van der Waals surface area contributed by atoms with Crippen LogP contribution >= 0.6 is 0 Å². The molecule has 2 N–H and O–H groups in total. The van der Waals surface area contributed by atoms with Crippen LogP contribution in [-0.2, 0) is 4.79 Å². The topological polar surface area (TPSA) is 58.8 Å². The molecule has 1 fully saturated rings. The van der Waals surface area contributed by atoms with Gasteiger partial charge in [-0.05, 0) is 37.6 Å². The van der Waals surface area contributed by atoms with E-state index in [1.54, 1.807) is 0 Å². The molecular weight excluding hydrogens is 338 g/mol. The number of benzene rings is 1. The molecule has 1 aliphatic rings. The van der Waals surface area contributed by atoms with Gasteiger partial charge in [0.1, 0.15) is 5.75 Å². The van der Waals surface area contributed by atoms with Gasteiger partial charge in [-0.25, -0.2) is 0 Å². The maximum atomic E-state index is 11.8. The van der Waals surface area contributed by atoms with Crippen molar-refractivity contribution in [2.24, 2.45) is 5.73 Å². The van der Waals surface area contributed by atoms with Gasteiger partial charge in [0, 0.05) is 32.7 Å². The van der Waals surface area contributed by atoms with Crippen molar-refractivity contribution in [1.29, 1.82) is 0 Å². The average Bonchev–Trinajstić information content (AvgIpc) is 2.67. The number of likely N-dealkylation sites (N-methyl/N-ethyl adjacent to an activating group) is 1. The number of nitrogens with zero attached hydrogens (tertiary/aromatic N) is 2. The zero-order chi connectivity index (χ0) is 19.5. The van der Waals surface area contributed by atoms with Gasteiger partial charge in [-0.3, -0.25) is 4.79 Å². The third-order valence-corrected chi connectivity index (χ3v) is 5.46. The summed E-state index contributed by atoms with van der Waals surface area (Å²) in [5.41, 5.74) is 6.62. The van der Waals surface area contributed by atoms with Crippen LogP contribution in [0.2, 0.25) is 0 Å². The smallest absolute Gasteiger partial charge is 0.224 e. The molecule has 1 saturated heterocycles. The van der Waals surface area contributed by atoms with Crippen LogP contribution < -0.4 is 10.5 Å². The Labute approximate surface area is 164 Å². The highest BCUT2D eigenvalue weighted by Crippen LogP contribution is 2.24. The molecule has 5 heteroatoms. The highest BCUT2D eigenvalue weighted by molar-refractivity contribution is 5.81. The minimum atomic E-state index is -0.229. The molecule has 1 aromatic rings. The summed E-state index contributed by atoms with van der Waals surface area (Å²) in [5.74, 6) is 0.451. The molecule has 0 bridgehead atoms. The molecule has 0 aliphatic carbocycles. The number of rotatable bonds is 12. The lowest BCUT2D eigenvalue weighted by Gasteiger charge is -2.32. The molecule has 0 spiro atoms. The summed E-state index contributed by atoms with van der Waals surface area (Å²) in [6.45, 7) is 8.62. The molecule has 1 atom stereocenters. The summed E-state index contributed by atoms with van der Waals surface area (Å²) in [4.78, 5) is 16.7. The molecule has 5 nitrogen and oxygen atoms in total. The number of primary amides is 1. The highest BCUT2D eigenvalue weighted by Gasteiger charge is 2.17. The van der Waals surface area contributed by atoms with Crippen LogP contribution in [-0.4, -0.2) is 62.1 Å². The molecule has 1 aromatic carbocycles. The van der Waals surface area contributed by atoms with E-state index in [-0.39, 0.29) is 11.8 Å². The highest BCUT2D eigenvalue weighted by atomic mass is 16.5. The number of carbonyl (C=O) groups is 1. The Morgan fingerprint density at radius 1 is 1.07 bits per heavy atom.